The molecule has 0 bridgehead atoms. The van der Waals surface area contributed by atoms with Gasteiger partial charge >= 0.3 is 0 Å². The molecule has 2 aromatic rings. The van der Waals surface area contributed by atoms with Gasteiger partial charge in [0.05, 0.1) is 11.2 Å². The van der Waals surface area contributed by atoms with Crippen molar-refractivity contribution in [1.82, 2.24) is 10.3 Å². The first-order valence-electron chi connectivity index (χ1n) is 6.37. The van der Waals surface area contributed by atoms with Crippen LogP contribution in [0.15, 0.2) is 24.3 Å². The molecule has 3 rings (SSSR count). The number of aromatic amines is 1. The number of amides is 1. The quantitative estimate of drug-likeness (QED) is 0.724. The van der Waals surface area contributed by atoms with E-state index in [0.29, 0.717) is 23.3 Å². The van der Waals surface area contributed by atoms with E-state index in [1.807, 2.05) is 24.3 Å². The molecule has 4 nitrogen and oxygen atoms in total. The summed E-state index contributed by atoms with van der Waals surface area (Å²) in [4.78, 5) is 15.1. The summed E-state index contributed by atoms with van der Waals surface area (Å²) in [6.07, 6.45) is 2.23. The molecule has 1 aliphatic rings. The summed E-state index contributed by atoms with van der Waals surface area (Å²) in [5, 5.41) is 4.02. The monoisotopic (exact) mass is 243 g/mol. The number of hydrogen-bond donors (Lipinski definition) is 3. The summed E-state index contributed by atoms with van der Waals surface area (Å²) < 4.78 is 0. The number of rotatable bonds is 3. The Kier molecular flexibility index (Phi) is 2.51. The molecule has 0 aliphatic heterocycles. The van der Waals surface area contributed by atoms with E-state index in [9.17, 15) is 4.79 Å². The van der Waals surface area contributed by atoms with Crippen molar-refractivity contribution in [3.8, 4) is 0 Å². The topological polar surface area (TPSA) is 70.9 Å². The highest BCUT2D eigenvalue weighted by molar-refractivity contribution is 6.01. The van der Waals surface area contributed by atoms with Gasteiger partial charge in [0.1, 0.15) is 5.69 Å². The van der Waals surface area contributed by atoms with Crippen molar-refractivity contribution >= 4 is 22.5 Å². The van der Waals surface area contributed by atoms with Crippen molar-refractivity contribution in [2.75, 3.05) is 5.73 Å². The lowest BCUT2D eigenvalue weighted by Crippen LogP contribution is -2.27. The lowest BCUT2D eigenvalue weighted by molar-refractivity contribution is 0.0945. The highest BCUT2D eigenvalue weighted by Crippen LogP contribution is 2.33. The van der Waals surface area contributed by atoms with Crippen LogP contribution in [0.3, 0.4) is 0 Å². The smallest absolute Gasteiger partial charge is 0.267 e. The Hall–Kier alpha value is -1.97. The maximum atomic E-state index is 12.1. The molecule has 1 aliphatic carbocycles. The SMILES string of the molecule is CCC1CC1NC(=O)c1cc2cccc(N)c2[nH]1. The fraction of sp³-hybridized carbons (Fsp3) is 0.357. The van der Waals surface area contributed by atoms with Crippen LogP contribution >= 0.6 is 0 Å². The fourth-order valence-corrected chi connectivity index (χ4v) is 2.42. The number of carbonyl (C=O) groups is 1. The van der Waals surface area contributed by atoms with Crippen LogP contribution in [-0.4, -0.2) is 16.9 Å². The average Bonchev–Trinajstić information content (AvgIpc) is 2.95. The number of nitrogen functional groups attached to an aromatic ring is 1. The average molecular weight is 243 g/mol. The minimum absolute atomic E-state index is 0.0356. The van der Waals surface area contributed by atoms with E-state index >= 15 is 0 Å². The van der Waals surface area contributed by atoms with Crippen LogP contribution in [0.4, 0.5) is 5.69 Å². The lowest BCUT2D eigenvalue weighted by Gasteiger charge is -2.01. The van der Waals surface area contributed by atoms with Crippen LogP contribution < -0.4 is 11.1 Å². The minimum atomic E-state index is -0.0356. The molecule has 2 atom stereocenters. The molecule has 1 aromatic heterocycles. The van der Waals surface area contributed by atoms with Crippen LogP contribution in [0.1, 0.15) is 30.3 Å². The van der Waals surface area contributed by atoms with Crippen LogP contribution in [-0.2, 0) is 0 Å². The number of para-hydroxylation sites is 1. The van der Waals surface area contributed by atoms with Crippen LogP contribution in [0.25, 0.3) is 10.9 Å². The van der Waals surface area contributed by atoms with Crippen molar-refractivity contribution in [1.29, 1.82) is 0 Å². The van der Waals surface area contributed by atoms with Crippen molar-refractivity contribution < 1.29 is 4.79 Å². The molecule has 1 saturated carbocycles. The molecular weight excluding hydrogens is 226 g/mol. The fourth-order valence-electron chi connectivity index (χ4n) is 2.42. The number of benzene rings is 1. The molecule has 4 N–H and O–H groups in total. The van der Waals surface area contributed by atoms with Gasteiger partial charge in [-0.15, -0.1) is 0 Å². The summed E-state index contributed by atoms with van der Waals surface area (Å²) in [7, 11) is 0. The number of fused-ring (bicyclic) bond motifs is 1. The number of hydrogen-bond acceptors (Lipinski definition) is 2. The maximum Gasteiger partial charge on any atom is 0.267 e. The third kappa shape index (κ3) is 1.83. The molecule has 1 amide bonds. The minimum Gasteiger partial charge on any atom is -0.397 e. The summed E-state index contributed by atoms with van der Waals surface area (Å²) in [5.74, 6) is 0.620. The summed E-state index contributed by atoms with van der Waals surface area (Å²) >= 11 is 0. The Morgan fingerprint density at radius 1 is 1.56 bits per heavy atom. The zero-order chi connectivity index (χ0) is 12.7. The molecular formula is C14H17N3O. The van der Waals surface area contributed by atoms with E-state index in [4.69, 9.17) is 5.73 Å². The number of nitrogens with two attached hydrogens (primary N) is 1. The molecule has 18 heavy (non-hydrogen) atoms. The van der Waals surface area contributed by atoms with Gasteiger partial charge in [-0.1, -0.05) is 25.5 Å². The standard InChI is InChI=1S/C14H17N3O/c1-2-8-6-11(8)17-14(18)12-7-9-4-3-5-10(15)13(9)16-12/h3-5,7-8,11,16H,2,6,15H2,1H3,(H,17,18). The molecule has 1 fully saturated rings. The number of H-pyrrole nitrogens is 1. The van der Waals surface area contributed by atoms with E-state index in [1.165, 1.54) is 0 Å². The second kappa shape index (κ2) is 4.05. The molecule has 1 aromatic carbocycles. The Balaban J connectivity index is 1.82. The van der Waals surface area contributed by atoms with Crippen molar-refractivity contribution in [3.63, 3.8) is 0 Å². The van der Waals surface area contributed by atoms with Crippen molar-refractivity contribution in [3.05, 3.63) is 30.0 Å². The lowest BCUT2D eigenvalue weighted by atomic mass is 10.2. The highest BCUT2D eigenvalue weighted by atomic mass is 16.2. The molecule has 0 radical (unpaired) electrons. The molecule has 1 heterocycles. The Labute approximate surface area is 106 Å². The van der Waals surface area contributed by atoms with E-state index in [1.54, 1.807) is 0 Å². The van der Waals surface area contributed by atoms with Crippen LogP contribution in [0.5, 0.6) is 0 Å². The van der Waals surface area contributed by atoms with Crippen molar-refractivity contribution in [2.45, 2.75) is 25.8 Å². The predicted octanol–water partition coefficient (Wildman–Crippen LogP) is 2.28. The van der Waals surface area contributed by atoms with Gasteiger partial charge in [-0.05, 0) is 24.5 Å². The number of aromatic nitrogens is 1. The van der Waals surface area contributed by atoms with E-state index < -0.39 is 0 Å². The Morgan fingerprint density at radius 2 is 2.39 bits per heavy atom. The summed E-state index contributed by atoms with van der Waals surface area (Å²) in [6.45, 7) is 2.15. The highest BCUT2D eigenvalue weighted by Gasteiger charge is 2.36. The normalized spacial score (nSPS) is 22.1. The van der Waals surface area contributed by atoms with E-state index in [-0.39, 0.29) is 5.91 Å². The molecule has 94 valence electrons. The Morgan fingerprint density at radius 3 is 3.06 bits per heavy atom. The Bertz CT molecular complexity index is 602. The van der Waals surface area contributed by atoms with Gasteiger partial charge < -0.3 is 16.0 Å². The summed E-state index contributed by atoms with van der Waals surface area (Å²) in [5.41, 5.74) is 7.96. The van der Waals surface area contributed by atoms with Gasteiger partial charge in [-0.3, -0.25) is 4.79 Å². The molecule has 4 heteroatoms. The van der Waals surface area contributed by atoms with Gasteiger partial charge in [-0.2, -0.15) is 0 Å². The molecule has 0 saturated heterocycles. The zero-order valence-corrected chi connectivity index (χ0v) is 10.4. The summed E-state index contributed by atoms with van der Waals surface area (Å²) in [6, 6.07) is 7.87. The molecule has 2 unspecified atom stereocenters. The van der Waals surface area contributed by atoms with Crippen LogP contribution in [0.2, 0.25) is 0 Å². The number of anilines is 1. The third-order valence-corrected chi connectivity index (χ3v) is 3.70. The zero-order valence-electron chi connectivity index (χ0n) is 10.4. The van der Waals surface area contributed by atoms with E-state index in [2.05, 4.69) is 17.2 Å². The number of carbonyl (C=O) groups excluding carboxylic acids is 1. The van der Waals surface area contributed by atoms with Gasteiger partial charge in [-0.25, -0.2) is 0 Å². The van der Waals surface area contributed by atoms with Crippen LogP contribution in [0, 0.1) is 5.92 Å². The first-order valence-corrected chi connectivity index (χ1v) is 6.37. The number of nitrogens with one attached hydrogen (secondary N) is 2. The predicted molar refractivity (Wildman–Crippen MR) is 72.4 cm³/mol. The van der Waals surface area contributed by atoms with Crippen molar-refractivity contribution in [2.24, 2.45) is 5.92 Å². The van der Waals surface area contributed by atoms with E-state index in [0.717, 1.165) is 23.7 Å². The van der Waals surface area contributed by atoms with Gasteiger partial charge in [0.25, 0.3) is 5.91 Å². The largest absolute Gasteiger partial charge is 0.397 e. The second-order valence-corrected chi connectivity index (χ2v) is 4.98. The third-order valence-electron chi connectivity index (χ3n) is 3.70. The van der Waals surface area contributed by atoms with Gasteiger partial charge in [0.2, 0.25) is 0 Å². The molecule has 0 spiro atoms. The van der Waals surface area contributed by atoms with Gasteiger partial charge in [0.15, 0.2) is 0 Å². The maximum absolute atomic E-state index is 12.1. The first kappa shape index (κ1) is 11.1. The second-order valence-electron chi connectivity index (χ2n) is 4.98. The first-order chi connectivity index (χ1) is 8.69. The van der Waals surface area contributed by atoms with Gasteiger partial charge in [0, 0.05) is 11.4 Å².